The van der Waals surface area contributed by atoms with Gasteiger partial charge in [0.1, 0.15) is 11.5 Å². The summed E-state index contributed by atoms with van der Waals surface area (Å²) in [4.78, 5) is 25.4. The Hall–Kier alpha value is -4.38. The zero-order chi connectivity index (χ0) is 22.3. The molecule has 0 unspecified atom stereocenters. The van der Waals surface area contributed by atoms with Gasteiger partial charge in [-0.3, -0.25) is 9.59 Å². The average molecular weight is 422 g/mol. The molecule has 4 rings (SSSR count). The molecule has 0 spiro atoms. The van der Waals surface area contributed by atoms with Crippen LogP contribution < -0.4 is 15.4 Å². The van der Waals surface area contributed by atoms with E-state index in [0.29, 0.717) is 28.3 Å². The number of aryl methyl sites for hydroxylation is 1. The molecular weight excluding hydrogens is 400 g/mol. The Bertz CT molecular complexity index is 1220. The van der Waals surface area contributed by atoms with Crippen LogP contribution in [0.25, 0.3) is 0 Å². The van der Waals surface area contributed by atoms with Crippen LogP contribution in [-0.4, -0.2) is 11.8 Å². The molecule has 0 radical (unpaired) electrons. The smallest absolute Gasteiger partial charge is 0.257 e. The third kappa shape index (κ3) is 5.21. The molecule has 5 nitrogen and oxygen atoms in total. The van der Waals surface area contributed by atoms with Crippen molar-refractivity contribution in [3.05, 3.63) is 120 Å². The molecule has 0 saturated heterocycles. The Kier molecular flexibility index (Phi) is 6.28. The molecule has 0 aliphatic carbocycles. The lowest BCUT2D eigenvalue weighted by atomic mass is 10.1. The number of para-hydroxylation sites is 1. The fourth-order valence-corrected chi connectivity index (χ4v) is 3.12. The van der Waals surface area contributed by atoms with Gasteiger partial charge in [-0.15, -0.1) is 0 Å². The first kappa shape index (κ1) is 20.9. The van der Waals surface area contributed by atoms with Gasteiger partial charge in [-0.2, -0.15) is 0 Å². The molecule has 4 aromatic rings. The highest BCUT2D eigenvalue weighted by Crippen LogP contribution is 2.24. The van der Waals surface area contributed by atoms with E-state index in [2.05, 4.69) is 10.6 Å². The van der Waals surface area contributed by atoms with Crippen molar-refractivity contribution in [3.63, 3.8) is 0 Å². The van der Waals surface area contributed by atoms with Crippen molar-refractivity contribution >= 4 is 23.2 Å². The molecule has 4 aromatic carbocycles. The lowest BCUT2D eigenvalue weighted by Crippen LogP contribution is -2.18. The molecular formula is C27H22N2O3. The summed E-state index contributed by atoms with van der Waals surface area (Å²) >= 11 is 0. The first-order valence-electron chi connectivity index (χ1n) is 10.2. The summed E-state index contributed by atoms with van der Waals surface area (Å²) in [6.45, 7) is 2.02. The van der Waals surface area contributed by atoms with E-state index in [1.165, 1.54) is 0 Å². The third-order valence-corrected chi connectivity index (χ3v) is 4.82. The van der Waals surface area contributed by atoms with E-state index in [1.54, 1.807) is 72.8 Å². The second-order valence-corrected chi connectivity index (χ2v) is 7.26. The molecule has 0 saturated carbocycles. The van der Waals surface area contributed by atoms with E-state index < -0.39 is 0 Å². The van der Waals surface area contributed by atoms with Crippen molar-refractivity contribution < 1.29 is 14.3 Å². The quantitative estimate of drug-likeness (QED) is 0.384. The zero-order valence-corrected chi connectivity index (χ0v) is 17.5. The fourth-order valence-electron chi connectivity index (χ4n) is 3.12. The largest absolute Gasteiger partial charge is 0.457 e. The van der Waals surface area contributed by atoms with Crippen molar-refractivity contribution in [2.75, 3.05) is 10.6 Å². The number of carbonyl (C=O) groups is 2. The van der Waals surface area contributed by atoms with Crippen LogP contribution in [0.15, 0.2) is 103 Å². The second-order valence-electron chi connectivity index (χ2n) is 7.26. The minimum atomic E-state index is -0.318. The first-order chi connectivity index (χ1) is 15.6. The summed E-state index contributed by atoms with van der Waals surface area (Å²) in [6, 6.07) is 30.7. The molecule has 0 aliphatic rings. The van der Waals surface area contributed by atoms with Gasteiger partial charge in [-0.05, 0) is 67.6 Å². The number of benzene rings is 4. The number of amides is 2. The van der Waals surface area contributed by atoms with Crippen LogP contribution >= 0.6 is 0 Å². The minimum Gasteiger partial charge on any atom is -0.457 e. The normalized spacial score (nSPS) is 10.3. The maximum atomic E-state index is 12.9. The lowest BCUT2D eigenvalue weighted by Gasteiger charge is -2.12. The van der Waals surface area contributed by atoms with Crippen LogP contribution in [0.4, 0.5) is 11.4 Å². The Morgan fingerprint density at radius 2 is 1.22 bits per heavy atom. The number of carbonyl (C=O) groups excluding carboxylic acids is 2. The molecule has 32 heavy (non-hydrogen) atoms. The van der Waals surface area contributed by atoms with Crippen LogP contribution in [0.2, 0.25) is 0 Å². The Morgan fingerprint density at radius 1 is 0.625 bits per heavy atom. The van der Waals surface area contributed by atoms with Gasteiger partial charge < -0.3 is 15.4 Å². The minimum absolute atomic E-state index is 0.275. The maximum absolute atomic E-state index is 12.9. The molecule has 0 heterocycles. The molecule has 0 fully saturated rings. The van der Waals surface area contributed by atoms with Crippen LogP contribution in [-0.2, 0) is 0 Å². The predicted octanol–water partition coefficient (Wildman–Crippen LogP) is 6.29. The third-order valence-electron chi connectivity index (χ3n) is 4.82. The van der Waals surface area contributed by atoms with Crippen molar-refractivity contribution in [3.8, 4) is 11.5 Å². The fraction of sp³-hybridized carbons (Fsp3) is 0.0370. The lowest BCUT2D eigenvalue weighted by molar-refractivity contribution is 0.102. The summed E-state index contributed by atoms with van der Waals surface area (Å²) in [7, 11) is 0. The van der Waals surface area contributed by atoms with Gasteiger partial charge in [0.05, 0.1) is 11.3 Å². The Labute approximate surface area is 186 Å². The topological polar surface area (TPSA) is 67.4 Å². The monoisotopic (exact) mass is 422 g/mol. The van der Waals surface area contributed by atoms with Crippen LogP contribution in [0.1, 0.15) is 26.3 Å². The van der Waals surface area contributed by atoms with E-state index in [1.807, 2.05) is 37.3 Å². The van der Waals surface area contributed by atoms with Crippen molar-refractivity contribution in [2.24, 2.45) is 0 Å². The van der Waals surface area contributed by atoms with Gasteiger partial charge in [0, 0.05) is 11.3 Å². The van der Waals surface area contributed by atoms with Gasteiger partial charge in [0.15, 0.2) is 0 Å². The number of nitrogens with one attached hydrogen (secondary N) is 2. The van der Waals surface area contributed by atoms with Crippen molar-refractivity contribution in [1.29, 1.82) is 0 Å². The van der Waals surface area contributed by atoms with E-state index in [-0.39, 0.29) is 11.8 Å². The highest BCUT2D eigenvalue weighted by Gasteiger charge is 2.14. The van der Waals surface area contributed by atoms with Crippen LogP contribution in [0.3, 0.4) is 0 Å². The van der Waals surface area contributed by atoms with Gasteiger partial charge in [0.2, 0.25) is 0 Å². The molecule has 0 aromatic heterocycles. The standard InChI is InChI=1S/C27H22N2O3/c1-19-11-15-22(16-12-19)32-23-17-13-21(14-18-23)28-27(31)24-9-5-6-10-25(24)29-26(30)20-7-3-2-4-8-20/h2-18H,1H3,(H,28,31)(H,29,30). The summed E-state index contributed by atoms with van der Waals surface area (Å²) in [5.74, 6) is 0.822. The molecule has 2 amide bonds. The SMILES string of the molecule is Cc1ccc(Oc2ccc(NC(=O)c3ccccc3NC(=O)c3ccccc3)cc2)cc1. The Morgan fingerprint density at radius 3 is 1.91 bits per heavy atom. The highest BCUT2D eigenvalue weighted by molar-refractivity contribution is 6.12. The zero-order valence-electron chi connectivity index (χ0n) is 17.5. The van der Waals surface area contributed by atoms with Gasteiger partial charge in [-0.25, -0.2) is 0 Å². The number of anilines is 2. The number of rotatable bonds is 6. The Balaban J connectivity index is 1.44. The summed E-state index contributed by atoms with van der Waals surface area (Å²) in [5.41, 5.74) is 3.12. The van der Waals surface area contributed by atoms with Gasteiger partial charge in [0.25, 0.3) is 11.8 Å². The number of ether oxygens (including phenoxy) is 1. The summed E-state index contributed by atoms with van der Waals surface area (Å²) < 4.78 is 5.82. The van der Waals surface area contributed by atoms with E-state index in [4.69, 9.17) is 4.74 Å². The molecule has 0 atom stereocenters. The predicted molar refractivity (Wildman–Crippen MR) is 126 cm³/mol. The van der Waals surface area contributed by atoms with Crippen molar-refractivity contribution in [2.45, 2.75) is 6.92 Å². The van der Waals surface area contributed by atoms with Crippen molar-refractivity contribution in [1.82, 2.24) is 0 Å². The molecule has 2 N–H and O–H groups in total. The van der Waals surface area contributed by atoms with Crippen LogP contribution in [0, 0.1) is 6.92 Å². The highest BCUT2D eigenvalue weighted by atomic mass is 16.5. The molecule has 5 heteroatoms. The van der Waals surface area contributed by atoms with Gasteiger partial charge in [-0.1, -0.05) is 48.0 Å². The van der Waals surface area contributed by atoms with Gasteiger partial charge >= 0.3 is 0 Å². The summed E-state index contributed by atoms with van der Waals surface area (Å²) in [5, 5.41) is 5.68. The first-order valence-corrected chi connectivity index (χ1v) is 10.2. The van der Waals surface area contributed by atoms with E-state index >= 15 is 0 Å². The molecule has 0 aliphatic heterocycles. The number of hydrogen-bond acceptors (Lipinski definition) is 3. The van der Waals surface area contributed by atoms with Crippen LogP contribution in [0.5, 0.6) is 11.5 Å². The summed E-state index contributed by atoms with van der Waals surface area (Å²) in [6.07, 6.45) is 0. The van der Waals surface area contributed by atoms with E-state index in [9.17, 15) is 9.59 Å². The molecule has 158 valence electrons. The average Bonchev–Trinajstić information content (AvgIpc) is 2.82. The maximum Gasteiger partial charge on any atom is 0.257 e. The second kappa shape index (κ2) is 9.62. The van der Waals surface area contributed by atoms with E-state index in [0.717, 1.165) is 11.3 Å². The molecule has 0 bridgehead atoms. The number of hydrogen-bond donors (Lipinski definition) is 2.